The van der Waals surface area contributed by atoms with E-state index in [1.807, 2.05) is 6.92 Å². The number of hydrogen-bond acceptors (Lipinski definition) is 3. The first-order valence-electron chi connectivity index (χ1n) is 5.63. The highest BCUT2D eigenvalue weighted by atomic mass is 16.3. The molecule has 0 saturated carbocycles. The molecule has 14 heavy (non-hydrogen) atoms. The molecule has 3 heteroatoms. The van der Waals surface area contributed by atoms with Crippen molar-refractivity contribution in [3.63, 3.8) is 0 Å². The van der Waals surface area contributed by atoms with Gasteiger partial charge in [-0.1, -0.05) is 13.3 Å². The van der Waals surface area contributed by atoms with Crippen LogP contribution in [0.2, 0.25) is 0 Å². The van der Waals surface area contributed by atoms with E-state index in [4.69, 9.17) is 0 Å². The molecule has 1 aliphatic rings. The van der Waals surface area contributed by atoms with Crippen molar-refractivity contribution in [2.24, 2.45) is 4.99 Å². The van der Waals surface area contributed by atoms with Crippen LogP contribution in [0.3, 0.4) is 0 Å². The lowest BCUT2D eigenvalue weighted by Gasteiger charge is -2.25. The smallest absolute Gasteiger partial charge is 0.0964 e. The van der Waals surface area contributed by atoms with Crippen LogP contribution < -0.4 is 5.32 Å². The Bertz CT molecular complexity index is 199. The molecule has 1 rings (SSSR count). The van der Waals surface area contributed by atoms with Gasteiger partial charge in [0.25, 0.3) is 0 Å². The Morgan fingerprint density at radius 1 is 1.50 bits per heavy atom. The van der Waals surface area contributed by atoms with Gasteiger partial charge in [-0.2, -0.15) is 0 Å². The van der Waals surface area contributed by atoms with Gasteiger partial charge < -0.3 is 10.4 Å². The molecule has 1 unspecified atom stereocenters. The van der Waals surface area contributed by atoms with Crippen LogP contribution in [-0.2, 0) is 0 Å². The van der Waals surface area contributed by atoms with Crippen LogP contribution in [0.15, 0.2) is 4.99 Å². The molecule has 82 valence electrons. The first-order chi connectivity index (χ1) is 6.64. The fraction of sp³-hybridized carbons (Fsp3) is 0.909. The summed E-state index contributed by atoms with van der Waals surface area (Å²) in [5.41, 5.74) is -0.589. The van der Waals surface area contributed by atoms with Gasteiger partial charge in [0.1, 0.15) is 0 Å². The Hall–Kier alpha value is -0.570. The maximum Gasteiger partial charge on any atom is 0.0964 e. The molecule has 0 aromatic heterocycles. The number of nitrogens with zero attached hydrogens (tertiary/aromatic N) is 1. The highest BCUT2D eigenvalue weighted by Gasteiger charge is 2.19. The normalized spacial score (nSPS) is 21.2. The lowest BCUT2D eigenvalue weighted by Crippen LogP contribution is -2.41. The minimum Gasteiger partial charge on any atom is -0.388 e. The van der Waals surface area contributed by atoms with Crippen LogP contribution in [-0.4, -0.2) is 29.6 Å². The van der Waals surface area contributed by atoms with Gasteiger partial charge in [-0.15, -0.1) is 0 Å². The van der Waals surface area contributed by atoms with Crippen molar-refractivity contribution in [2.45, 2.75) is 51.6 Å². The third-order valence-electron chi connectivity index (χ3n) is 2.59. The summed E-state index contributed by atoms with van der Waals surface area (Å²) in [6.45, 7) is 5.54. The van der Waals surface area contributed by atoms with E-state index in [0.29, 0.717) is 6.54 Å². The third-order valence-corrected chi connectivity index (χ3v) is 2.59. The van der Waals surface area contributed by atoms with E-state index in [0.717, 1.165) is 31.6 Å². The van der Waals surface area contributed by atoms with E-state index in [2.05, 4.69) is 17.2 Å². The molecule has 0 aliphatic carbocycles. The van der Waals surface area contributed by atoms with Gasteiger partial charge in [-0.05, 0) is 26.2 Å². The molecule has 1 aliphatic heterocycles. The standard InChI is InChI=1S/C11H22N2O/c1-3-7-11(2,14)9-13-10-6-4-5-8-12-10/h14H,3-9H2,1-2H3,(H,12,13). The predicted octanol–water partition coefficient (Wildman–Crippen LogP) is 1.71. The lowest BCUT2D eigenvalue weighted by molar-refractivity contribution is 0.0545. The molecule has 1 atom stereocenters. The van der Waals surface area contributed by atoms with Gasteiger partial charge in [0.15, 0.2) is 0 Å². The summed E-state index contributed by atoms with van der Waals surface area (Å²) in [6.07, 6.45) is 5.33. The molecule has 0 aromatic rings. The molecule has 3 nitrogen and oxygen atoms in total. The second kappa shape index (κ2) is 5.35. The van der Waals surface area contributed by atoms with E-state index in [1.54, 1.807) is 0 Å². The van der Waals surface area contributed by atoms with Crippen LogP contribution >= 0.6 is 0 Å². The molecule has 0 radical (unpaired) electrons. The third kappa shape index (κ3) is 4.09. The summed E-state index contributed by atoms with van der Waals surface area (Å²) < 4.78 is 0. The van der Waals surface area contributed by atoms with Crippen molar-refractivity contribution in [1.29, 1.82) is 0 Å². The van der Waals surface area contributed by atoms with Gasteiger partial charge >= 0.3 is 0 Å². The SMILES string of the molecule is CCCC(C)(O)CNC1=NCCCC1. The number of hydrogen-bond donors (Lipinski definition) is 2. The number of aliphatic hydroxyl groups is 1. The fourth-order valence-corrected chi connectivity index (χ4v) is 1.76. The van der Waals surface area contributed by atoms with Crippen LogP contribution in [0.1, 0.15) is 46.0 Å². The fourth-order valence-electron chi connectivity index (χ4n) is 1.76. The van der Waals surface area contributed by atoms with Crippen LogP contribution in [0, 0.1) is 0 Å². The van der Waals surface area contributed by atoms with Gasteiger partial charge in [-0.3, -0.25) is 4.99 Å². The number of rotatable bonds is 4. The maximum atomic E-state index is 9.93. The van der Waals surface area contributed by atoms with Gasteiger partial charge in [-0.25, -0.2) is 0 Å². The molecule has 0 bridgehead atoms. The first kappa shape index (κ1) is 11.5. The highest BCUT2D eigenvalue weighted by Crippen LogP contribution is 2.11. The Labute approximate surface area is 86.6 Å². The van der Waals surface area contributed by atoms with Gasteiger partial charge in [0.2, 0.25) is 0 Å². The molecule has 2 N–H and O–H groups in total. The largest absolute Gasteiger partial charge is 0.388 e. The van der Waals surface area contributed by atoms with Crippen LogP contribution in [0.4, 0.5) is 0 Å². The van der Waals surface area contributed by atoms with Gasteiger partial charge in [0.05, 0.1) is 11.4 Å². The summed E-state index contributed by atoms with van der Waals surface area (Å²) in [6, 6.07) is 0. The van der Waals surface area contributed by atoms with Crippen molar-refractivity contribution in [1.82, 2.24) is 5.32 Å². The van der Waals surface area contributed by atoms with E-state index in [9.17, 15) is 5.11 Å². The molecule has 0 saturated heterocycles. The predicted molar refractivity (Wildman–Crippen MR) is 59.7 cm³/mol. The molecule has 0 fully saturated rings. The van der Waals surface area contributed by atoms with Crippen LogP contribution in [0.5, 0.6) is 0 Å². The molecule has 0 spiro atoms. The maximum absolute atomic E-state index is 9.93. The number of nitrogens with one attached hydrogen (secondary N) is 1. The van der Waals surface area contributed by atoms with Crippen molar-refractivity contribution in [3.05, 3.63) is 0 Å². The number of aliphatic imine (C=N–C) groups is 1. The van der Waals surface area contributed by atoms with Crippen LogP contribution in [0.25, 0.3) is 0 Å². The van der Waals surface area contributed by atoms with Crippen molar-refractivity contribution < 1.29 is 5.11 Å². The Kier molecular flexibility index (Phi) is 4.39. The zero-order valence-electron chi connectivity index (χ0n) is 9.34. The van der Waals surface area contributed by atoms with E-state index in [-0.39, 0.29) is 0 Å². The Balaban J connectivity index is 2.27. The van der Waals surface area contributed by atoms with Crippen molar-refractivity contribution in [2.75, 3.05) is 13.1 Å². The molecule has 0 amide bonds. The molecular formula is C11H22N2O. The average Bonchev–Trinajstić information content (AvgIpc) is 2.17. The summed E-state index contributed by atoms with van der Waals surface area (Å²) in [4.78, 5) is 4.39. The summed E-state index contributed by atoms with van der Waals surface area (Å²) in [5, 5.41) is 13.2. The summed E-state index contributed by atoms with van der Waals surface area (Å²) in [7, 11) is 0. The second-order valence-electron chi connectivity index (χ2n) is 4.39. The highest BCUT2D eigenvalue weighted by molar-refractivity contribution is 5.82. The Morgan fingerprint density at radius 3 is 2.86 bits per heavy atom. The minimum atomic E-state index is -0.589. The average molecular weight is 198 g/mol. The van der Waals surface area contributed by atoms with Crippen molar-refractivity contribution >= 4 is 5.84 Å². The molecular weight excluding hydrogens is 176 g/mol. The van der Waals surface area contributed by atoms with Crippen molar-refractivity contribution in [3.8, 4) is 0 Å². The molecule has 1 heterocycles. The zero-order chi connectivity index (χ0) is 10.4. The Morgan fingerprint density at radius 2 is 2.29 bits per heavy atom. The monoisotopic (exact) mass is 198 g/mol. The quantitative estimate of drug-likeness (QED) is 0.722. The minimum absolute atomic E-state index is 0.589. The first-order valence-corrected chi connectivity index (χ1v) is 5.63. The van der Waals surface area contributed by atoms with E-state index >= 15 is 0 Å². The zero-order valence-corrected chi connectivity index (χ0v) is 9.34. The molecule has 0 aromatic carbocycles. The summed E-state index contributed by atoms with van der Waals surface area (Å²) in [5.74, 6) is 1.08. The summed E-state index contributed by atoms with van der Waals surface area (Å²) >= 11 is 0. The number of amidine groups is 1. The van der Waals surface area contributed by atoms with Gasteiger partial charge in [0, 0.05) is 19.5 Å². The van der Waals surface area contributed by atoms with E-state index in [1.165, 1.54) is 12.8 Å². The van der Waals surface area contributed by atoms with E-state index < -0.39 is 5.60 Å². The second-order valence-corrected chi connectivity index (χ2v) is 4.39. The lowest BCUT2D eigenvalue weighted by atomic mass is 10.0. The topological polar surface area (TPSA) is 44.6 Å².